The van der Waals surface area contributed by atoms with Gasteiger partial charge in [-0.15, -0.1) is 0 Å². The van der Waals surface area contributed by atoms with Gasteiger partial charge in [-0.1, -0.05) is 12.1 Å². The molecule has 0 aliphatic carbocycles. The molecule has 2 rings (SSSR count). The number of hydrogen-bond acceptors (Lipinski definition) is 4. The Morgan fingerprint density at radius 3 is 3.00 bits per heavy atom. The number of pyridine rings is 1. The minimum absolute atomic E-state index is 0.189. The van der Waals surface area contributed by atoms with E-state index in [9.17, 15) is 4.79 Å². The number of carbonyl (C=O) groups excluding carboxylic acids is 1. The standard InChI is InChI=1S/C13H15N3O2/c1-3-10-4-5-14-12(6-10)13(17)15-7-11-8-16-18-9(11)2/h4-6,8H,3,7H2,1-2H3,(H,15,17). The van der Waals surface area contributed by atoms with E-state index in [1.54, 1.807) is 18.5 Å². The molecule has 0 unspecified atom stereocenters. The van der Waals surface area contributed by atoms with Gasteiger partial charge in [0.1, 0.15) is 11.5 Å². The molecule has 0 radical (unpaired) electrons. The molecular weight excluding hydrogens is 230 g/mol. The molecule has 0 aromatic carbocycles. The maximum atomic E-state index is 11.9. The van der Waals surface area contributed by atoms with Gasteiger partial charge in [0.05, 0.1) is 6.20 Å². The molecule has 0 saturated heterocycles. The van der Waals surface area contributed by atoms with Crippen LogP contribution in [0.15, 0.2) is 29.0 Å². The summed E-state index contributed by atoms with van der Waals surface area (Å²) in [6.07, 6.45) is 4.14. The van der Waals surface area contributed by atoms with E-state index in [4.69, 9.17) is 4.52 Å². The highest BCUT2D eigenvalue weighted by atomic mass is 16.5. The van der Waals surface area contributed by atoms with Crippen LogP contribution in [0.25, 0.3) is 0 Å². The Bertz CT molecular complexity index is 549. The number of aryl methyl sites for hydroxylation is 2. The van der Waals surface area contributed by atoms with Gasteiger partial charge < -0.3 is 9.84 Å². The number of amides is 1. The third-order valence-electron chi connectivity index (χ3n) is 2.76. The fourth-order valence-electron chi connectivity index (χ4n) is 1.57. The van der Waals surface area contributed by atoms with Crippen molar-refractivity contribution in [2.45, 2.75) is 26.8 Å². The highest BCUT2D eigenvalue weighted by molar-refractivity contribution is 5.92. The Balaban J connectivity index is 2.01. The predicted molar refractivity (Wildman–Crippen MR) is 66.0 cm³/mol. The van der Waals surface area contributed by atoms with Crippen LogP contribution in [0.4, 0.5) is 0 Å². The molecule has 0 saturated carbocycles. The Morgan fingerprint density at radius 2 is 2.33 bits per heavy atom. The van der Waals surface area contributed by atoms with E-state index in [0.29, 0.717) is 18.0 Å². The Kier molecular flexibility index (Phi) is 3.72. The molecule has 0 aliphatic heterocycles. The summed E-state index contributed by atoms with van der Waals surface area (Å²) in [4.78, 5) is 16.0. The van der Waals surface area contributed by atoms with Crippen LogP contribution in [-0.2, 0) is 13.0 Å². The van der Waals surface area contributed by atoms with Crippen molar-refractivity contribution in [1.82, 2.24) is 15.5 Å². The van der Waals surface area contributed by atoms with E-state index in [0.717, 1.165) is 17.5 Å². The fraction of sp³-hybridized carbons (Fsp3) is 0.308. The minimum Gasteiger partial charge on any atom is -0.361 e. The molecule has 5 heteroatoms. The van der Waals surface area contributed by atoms with Gasteiger partial charge in [-0.05, 0) is 31.0 Å². The summed E-state index contributed by atoms with van der Waals surface area (Å²) in [7, 11) is 0. The highest BCUT2D eigenvalue weighted by Gasteiger charge is 2.09. The molecule has 0 aliphatic rings. The summed E-state index contributed by atoms with van der Waals surface area (Å²) in [5.41, 5.74) is 2.40. The van der Waals surface area contributed by atoms with Gasteiger partial charge in [-0.3, -0.25) is 9.78 Å². The zero-order chi connectivity index (χ0) is 13.0. The third kappa shape index (κ3) is 2.74. The largest absolute Gasteiger partial charge is 0.361 e. The average Bonchev–Trinajstić information content (AvgIpc) is 2.81. The van der Waals surface area contributed by atoms with E-state index < -0.39 is 0 Å². The van der Waals surface area contributed by atoms with Gasteiger partial charge in [0.15, 0.2) is 0 Å². The van der Waals surface area contributed by atoms with Crippen molar-refractivity contribution in [3.8, 4) is 0 Å². The monoisotopic (exact) mass is 245 g/mol. The lowest BCUT2D eigenvalue weighted by Crippen LogP contribution is -2.24. The van der Waals surface area contributed by atoms with Crippen molar-refractivity contribution in [3.05, 3.63) is 47.1 Å². The van der Waals surface area contributed by atoms with Crippen molar-refractivity contribution >= 4 is 5.91 Å². The Morgan fingerprint density at radius 1 is 1.50 bits per heavy atom. The van der Waals surface area contributed by atoms with Crippen LogP contribution in [-0.4, -0.2) is 16.0 Å². The van der Waals surface area contributed by atoms with Crippen LogP contribution >= 0.6 is 0 Å². The quantitative estimate of drug-likeness (QED) is 0.892. The molecule has 0 fully saturated rings. The molecule has 2 aromatic heterocycles. The zero-order valence-corrected chi connectivity index (χ0v) is 10.4. The summed E-state index contributed by atoms with van der Waals surface area (Å²) in [5, 5.41) is 6.45. The first-order chi connectivity index (χ1) is 8.70. The van der Waals surface area contributed by atoms with Gasteiger partial charge in [-0.25, -0.2) is 0 Å². The zero-order valence-electron chi connectivity index (χ0n) is 10.4. The molecule has 5 nitrogen and oxygen atoms in total. The first-order valence-corrected chi connectivity index (χ1v) is 5.84. The highest BCUT2D eigenvalue weighted by Crippen LogP contribution is 2.06. The van der Waals surface area contributed by atoms with Gasteiger partial charge in [-0.2, -0.15) is 0 Å². The third-order valence-corrected chi connectivity index (χ3v) is 2.76. The SMILES string of the molecule is CCc1ccnc(C(=O)NCc2cnoc2C)c1. The number of nitrogens with one attached hydrogen (secondary N) is 1. The number of rotatable bonds is 4. The van der Waals surface area contributed by atoms with E-state index in [1.165, 1.54) is 0 Å². The molecule has 0 spiro atoms. The first kappa shape index (κ1) is 12.3. The minimum atomic E-state index is -0.189. The summed E-state index contributed by atoms with van der Waals surface area (Å²) >= 11 is 0. The molecule has 2 aromatic rings. The molecule has 18 heavy (non-hydrogen) atoms. The van der Waals surface area contributed by atoms with Crippen molar-refractivity contribution in [3.63, 3.8) is 0 Å². The lowest BCUT2D eigenvalue weighted by Gasteiger charge is -2.04. The van der Waals surface area contributed by atoms with Gasteiger partial charge in [0.2, 0.25) is 0 Å². The van der Waals surface area contributed by atoms with E-state index in [2.05, 4.69) is 15.5 Å². The van der Waals surface area contributed by atoms with Crippen LogP contribution < -0.4 is 5.32 Å². The van der Waals surface area contributed by atoms with Crippen LogP contribution in [0, 0.1) is 6.92 Å². The van der Waals surface area contributed by atoms with Gasteiger partial charge >= 0.3 is 0 Å². The van der Waals surface area contributed by atoms with E-state index >= 15 is 0 Å². The van der Waals surface area contributed by atoms with Crippen LogP contribution in [0.2, 0.25) is 0 Å². The number of nitrogens with zero attached hydrogens (tertiary/aromatic N) is 2. The maximum Gasteiger partial charge on any atom is 0.270 e. The average molecular weight is 245 g/mol. The summed E-state index contributed by atoms with van der Waals surface area (Å²) in [6.45, 7) is 4.24. The van der Waals surface area contributed by atoms with E-state index in [-0.39, 0.29) is 5.91 Å². The molecule has 1 N–H and O–H groups in total. The predicted octanol–water partition coefficient (Wildman–Crippen LogP) is 1.87. The van der Waals surface area contributed by atoms with Crippen molar-refractivity contribution < 1.29 is 9.32 Å². The molecule has 2 heterocycles. The van der Waals surface area contributed by atoms with E-state index in [1.807, 2.05) is 19.9 Å². The second-order valence-corrected chi connectivity index (χ2v) is 3.99. The Labute approximate surface area is 105 Å². The van der Waals surface area contributed by atoms with Crippen LogP contribution in [0.1, 0.15) is 34.3 Å². The summed E-state index contributed by atoms with van der Waals surface area (Å²) in [6, 6.07) is 3.71. The second kappa shape index (κ2) is 5.44. The van der Waals surface area contributed by atoms with Crippen LogP contribution in [0.5, 0.6) is 0 Å². The normalized spacial score (nSPS) is 10.3. The molecule has 1 amide bonds. The lowest BCUT2D eigenvalue weighted by molar-refractivity contribution is 0.0945. The molecule has 0 atom stereocenters. The van der Waals surface area contributed by atoms with Crippen molar-refractivity contribution in [1.29, 1.82) is 0 Å². The van der Waals surface area contributed by atoms with Crippen LogP contribution in [0.3, 0.4) is 0 Å². The first-order valence-electron chi connectivity index (χ1n) is 5.84. The second-order valence-electron chi connectivity index (χ2n) is 3.99. The smallest absolute Gasteiger partial charge is 0.270 e. The molecule has 0 bridgehead atoms. The molecular formula is C13H15N3O2. The number of hydrogen-bond donors (Lipinski definition) is 1. The maximum absolute atomic E-state index is 11.9. The lowest BCUT2D eigenvalue weighted by atomic mass is 10.2. The fourth-order valence-corrected chi connectivity index (χ4v) is 1.57. The van der Waals surface area contributed by atoms with Gasteiger partial charge in [0.25, 0.3) is 5.91 Å². The summed E-state index contributed by atoms with van der Waals surface area (Å²) < 4.78 is 4.92. The number of aromatic nitrogens is 2. The summed E-state index contributed by atoms with van der Waals surface area (Å²) in [5.74, 6) is 0.525. The Hall–Kier alpha value is -2.17. The number of carbonyl (C=O) groups is 1. The molecule has 94 valence electrons. The van der Waals surface area contributed by atoms with Crippen molar-refractivity contribution in [2.75, 3.05) is 0 Å². The van der Waals surface area contributed by atoms with Crippen molar-refractivity contribution in [2.24, 2.45) is 0 Å². The topological polar surface area (TPSA) is 68.0 Å². The van der Waals surface area contributed by atoms with Gasteiger partial charge in [0, 0.05) is 18.3 Å².